The van der Waals surface area contributed by atoms with Gasteiger partial charge in [-0.25, -0.2) is 4.98 Å². The Morgan fingerprint density at radius 2 is 2.18 bits per heavy atom. The van der Waals surface area contributed by atoms with E-state index < -0.39 is 5.97 Å². The first-order chi connectivity index (χ1) is 10.6. The lowest BCUT2D eigenvalue weighted by Crippen LogP contribution is -2.25. The number of ether oxygens (including phenoxy) is 1. The van der Waals surface area contributed by atoms with Crippen LogP contribution in [0.25, 0.3) is 10.9 Å². The molecule has 0 spiro atoms. The van der Waals surface area contributed by atoms with E-state index in [1.54, 1.807) is 31.2 Å². The Morgan fingerprint density at radius 3 is 2.95 bits per heavy atom. The fourth-order valence-corrected chi connectivity index (χ4v) is 1.94. The molecule has 8 heteroatoms. The van der Waals surface area contributed by atoms with E-state index in [-0.39, 0.29) is 24.6 Å². The van der Waals surface area contributed by atoms with Crippen molar-refractivity contribution in [2.75, 3.05) is 0 Å². The van der Waals surface area contributed by atoms with Crippen LogP contribution in [0.3, 0.4) is 0 Å². The number of para-hydroxylation sites is 1. The molecule has 0 bridgehead atoms. The van der Waals surface area contributed by atoms with Gasteiger partial charge in [0.25, 0.3) is 11.4 Å². The Morgan fingerprint density at radius 1 is 1.36 bits per heavy atom. The second-order valence-electron chi connectivity index (χ2n) is 4.59. The molecule has 0 aliphatic rings. The maximum Gasteiger partial charge on any atom is 0.326 e. The number of esters is 1. The number of fused-ring (bicyclic) bond motifs is 1. The van der Waals surface area contributed by atoms with E-state index in [9.17, 15) is 9.59 Å². The SMILES string of the molecule is Cc1noc(COC(=O)Cn2cnc3ccccc3c2=O)n1. The normalized spacial score (nSPS) is 10.8. The molecular weight excluding hydrogens is 288 g/mol. The predicted octanol–water partition coefficient (Wildman–Crippen LogP) is 0.831. The van der Waals surface area contributed by atoms with E-state index in [1.807, 2.05) is 0 Å². The third-order valence-electron chi connectivity index (χ3n) is 2.96. The lowest BCUT2D eigenvalue weighted by molar-refractivity contribution is -0.146. The summed E-state index contributed by atoms with van der Waals surface area (Å²) < 4.78 is 11.0. The first kappa shape index (κ1) is 13.9. The standard InChI is InChI=1S/C14H12N4O4/c1-9-16-12(22-17-9)7-21-13(19)6-18-8-15-11-5-3-2-4-10(11)14(18)20/h2-5,8H,6-7H2,1H3. The van der Waals surface area contributed by atoms with E-state index in [0.29, 0.717) is 16.7 Å². The number of benzene rings is 1. The highest BCUT2D eigenvalue weighted by molar-refractivity contribution is 5.77. The lowest BCUT2D eigenvalue weighted by Gasteiger charge is -2.06. The Balaban J connectivity index is 1.71. The van der Waals surface area contributed by atoms with Crippen molar-refractivity contribution in [3.8, 4) is 0 Å². The average molecular weight is 300 g/mol. The number of aryl methyl sites for hydroxylation is 1. The number of hydrogen-bond acceptors (Lipinski definition) is 7. The van der Waals surface area contributed by atoms with Crippen molar-refractivity contribution in [3.63, 3.8) is 0 Å². The summed E-state index contributed by atoms with van der Waals surface area (Å²) in [5.74, 6) is 0.0749. The minimum atomic E-state index is -0.588. The molecule has 1 aromatic carbocycles. The summed E-state index contributed by atoms with van der Waals surface area (Å²) in [7, 11) is 0. The Hall–Kier alpha value is -3.03. The number of aromatic nitrogens is 4. The van der Waals surface area contributed by atoms with Gasteiger partial charge in [-0.05, 0) is 19.1 Å². The minimum absolute atomic E-state index is 0.130. The van der Waals surface area contributed by atoms with Gasteiger partial charge < -0.3 is 9.26 Å². The third-order valence-corrected chi connectivity index (χ3v) is 2.96. The van der Waals surface area contributed by atoms with E-state index in [2.05, 4.69) is 15.1 Å². The largest absolute Gasteiger partial charge is 0.454 e. The molecule has 0 aliphatic heterocycles. The molecule has 3 rings (SSSR count). The molecule has 0 radical (unpaired) electrons. The first-order valence-corrected chi connectivity index (χ1v) is 6.52. The van der Waals surface area contributed by atoms with Crippen LogP contribution in [0.2, 0.25) is 0 Å². The smallest absolute Gasteiger partial charge is 0.326 e. The van der Waals surface area contributed by atoms with Gasteiger partial charge in [0.05, 0.1) is 17.2 Å². The van der Waals surface area contributed by atoms with Gasteiger partial charge in [-0.15, -0.1) is 0 Å². The topological polar surface area (TPSA) is 100 Å². The number of nitrogens with zero attached hydrogens (tertiary/aromatic N) is 4. The fourth-order valence-electron chi connectivity index (χ4n) is 1.94. The highest BCUT2D eigenvalue weighted by Gasteiger charge is 2.11. The second kappa shape index (κ2) is 5.76. The van der Waals surface area contributed by atoms with Crippen LogP contribution in [-0.2, 0) is 22.7 Å². The lowest BCUT2D eigenvalue weighted by atomic mass is 10.2. The molecule has 0 saturated carbocycles. The van der Waals surface area contributed by atoms with Crippen molar-refractivity contribution in [2.45, 2.75) is 20.1 Å². The van der Waals surface area contributed by atoms with Crippen LogP contribution in [0.1, 0.15) is 11.7 Å². The van der Waals surface area contributed by atoms with Gasteiger partial charge in [0, 0.05) is 0 Å². The molecule has 0 saturated heterocycles. The van der Waals surface area contributed by atoms with Gasteiger partial charge >= 0.3 is 5.97 Å². The highest BCUT2D eigenvalue weighted by atomic mass is 16.6. The molecular formula is C14H12N4O4. The van der Waals surface area contributed by atoms with Crippen molar-refractivity contribution in [1.29, 1.82) is 0 Å². The van der Waals surface area contributed by atoms with Crippen molar-refractivity contribution in [3.05, 3.63) is 52.7 Å². The van der Waals surface area contributed by atoms with Crippen LogP contribution >= 0.6 is 0 Å². The molecule has 22 heavy (non-hydrogen) atoms. The van der Waals surface area contributed by atoms with Crippen LogP contribution in [0.15, 0.2) is 39.9 Å². The molecule has 0 unspecified atom stereocenters. The molecule has 0 fully saturated rings. The van der Waals surface area contributed by atoms with Crippen molar-refractivity contribution < 1.29 is 14.1 Å². The minimum Gasteiger partial charge on any atom is -0.454 e. The summed E-state index contributed by atoms with van der Waals surface area (Å²) in [4.78, 5) is 32.0. The van der Waals surface area contributed by atoms with Gasteiger partial charge in [0.1, 0.15) is 6.54 Å². The monoisotopic (exact) mass is 300 g/mol. The zero-order valence-electron chi connectivity index (χ0n) is 11.7. The van der Waals surface area contributed by atoms with Crippen LogP contribution in [0.4, 0.5) is 0 Å². The number of hydrogen-bond donors (Lipinski definition) is 0. The molecule has 2 aromatic heterocycles. The highest BCUT2D eigenvalue weighted by Crippen LogP contribution is 2.05. The van der Waals surface area contributed by atoms with Gasteiger partial charge in [-0.1, -0.05) is 17.3 Å². The number of carbonyl (C=O) groups excluding carboxylic acids is 1. The van der Waals surface area contributed by atoms with Crippen LogP contribution in [0.5, 0.6) is 0 Å². The van der Waals surface area contributed by atoms with Crippen molar-refractivity contribution in [1.82, 2.24) is 19.7 Å². The van der Waals surface area contributed by atoms with Gasteiger partial charge in [-0.3, -0.25) is 14.2 Å². The molecule has 2 heterocycles. The second-order valence-corrected chi connectivity index (χ2v) is 4.59. The summed E-state index contributed by atoms with van der Waals surface area (Å²) >= 11 is 0. The van der Waals surface area contributed by atoms with E-state index >= 15 is 0 Å². The van der Waals surface area contributed by atoms with Gasteiger partial charge in [-0.2, -0.15) is 4.98 Å². The van der Waals surface area contributed by atoms with Crippen LogP contribution < -0.4 is 5.56 Å². The molecule has 3 aromatic rings. The van der Waals surface area contributed by atoms with E-state index in [0.717, 1.165) is 0 Å². The summed E-state index contributed by atoms with van der Waals surface area (Å²) in [6.07, 6.45) is 1.32. The predicted molar refractivity (Wildman–Crippen MR) is 74.8 cm³/mol. The molecule has 8 nitrogen and oxygen atoms in total. The molecule has 0 atom stereocenters. The quantitative estimate of drug-likeness (QED) is 0.658. The Bertz CT molecular complexity index is 884. The average Bonchev–Trinajstić information content (AvgIpc) is 2.94. The van der Waals surface area contributed by atoms with E-state index in [1.165, 1.54) is 10.9 Å². The van der Waals surface area contributed by atoms with Crippen LogP contribution in [-0.4, -0.2) is 25.7 Å². The van der Waals surface area contributed by atoms with Crippen LogP contribution in [0, 0.1) is 6.92 Å². The zero-order valence-corrected chi connectivity index (χ0v) is 11.7. The maximum absolute atomic E-state index is 12.2. The molecule has 112 valence electrons. The Labute approximate surface area is 124 Å². The van der Waals surface area contributed by atoms with E-state index in [4.69, 9.17) is 9.26 Å². The summed E-state index contributed by atoms with van der Waals surface area (Å²) in [6.45, 7) is 1.30. The van der Waals surface area contributed by atoms with Gasteiger partial charge in [0.15, 0.2) is 12.4 Å². The third kappa shape index (κ3) is 2.85. The molecule has 0 N–H and O–H groups in total. The van der Waals surface area contributed by atoms with Crippen molar-refractivity contribution >= 4 is 16.9 Å². The zero-order chi connectivity index (χ0) is 15.5. The fraction of sp³-hybridized carbons (Fsp3) is 0.214. The molecule has 0 aliphatic carbocycles. The Kier molecular flexibility index (Phi) is 3.65. The summed E-state index contributed by atoms with van der Waals surface area (Å²) in [6, 6.07) is 6.93. The maximum atomic E-state index is 12.2. The first-order valence-electron chi connectivity index (χ1n) is 6.52. The molecule has 0 amide bonds. The summed E-state index contributed by atoms with van der Waals surface area (Å²) in [5.41, 5.74) is 0.287. The van der Waals surface area contributed by atoms with Gasteiger partial charge in [0.2, 0.25) is 0 Å². The van der Waals surface area contributed by atoms with Crippen molar-refractivity contribution in [2.24, 2.45) is 0 Å². The summed E-state index contributed by atoms with van der Waals surface area (Å²) in [5, 5.41) is 4.03. The number of carbonyl (C=O) groups is 1. The number of rotatable bonds is 4.